The average molecular weight is 198 g/mol. The van der Waals surface area contributed by atoms with Gasteiger partial charge in [-0.15, -0.1) is 6.58 Å². The first-order valence-corrected chi connectivity index (χ1v) is 5.76. The van der Waals surface area contributed by atoms with E-state index in [0.29, 0.717) is 6.61 Å². The molecule has 1 fully saturated rings. The third-order valence-corrected chi connectivity index (χ3v) is 2.58. The molecular weight excluding hydrogens is 176 g/mol. The highest BCUT2D eigenvalue weighted by molar-refractivity contribution is 4.82. The van der Waals surface area contributed by atoms with E-state index in [2.05, 4.69) is 13.5 Å². The Morgan fingerprint density at radius 1 is 1.29 bits per heavy atom. The number of hydrogen-bond donors (Lipinski definition) is 0. The van der Waals surface area contributed by atoms with Crippen molar-refractivity contribution >= 4 is 0 Å². The van der Waals surface area contributed by atoms with Crippen molar-refractivity contribution in [3.63, 3.8) is 0 Å². The van der Waals surface area contributed by atoms with Crippen LogP contribution < -0.4 is 0 Å². The van der Waals surface area contributed by atoms with Crippen LogP contribution in [0.4, 0.5) is 0 Å². The standard InChI is InChI=1S/C12H22O2/c1-3-5-6-7-8-9-12-13-10-11(4-2)14-12/h4,11-12H,2-3,5-10H2,1H3. The molecule has 1 heterocycles. The van der Waals surface area contributed by atoms with E-state index in [0.717, 1.165) is 6.42 Å². The van der Waals surface area contributed by atoms with E-state index in [4.69, 9.17) is 9.47 Å². The van der Waals surface area contributed by atoms with E-state index in [1.165, 1.54) is 32.1 Å². The Bertz CT molecular complexity index is 156. The summed E-state index contributed by atoms with van der Waals surface area (Å²) in [6.45, 7) is 6.61. The molecule has 2 nitrogen and oxygen atoms in total. The van der Waals surface area contributed by atoms with Crippen molar-refractivity contribution in [1.29, 1.82) is 0 Å². The Labute approximate surface area is 87.3 Å². The zero-order valence-corrected chi connectivity index (χ0v) is 9.21. The van der Waals surface area contributed by atoms with E-state index in [-0.39, 0.29) is 12.4 Å². The quantitative estimate of drug-likeness (QED) is 0.461. The highest BCUT2D eigenvalue weighted by Crippen LogP contribution is 2.18. The molecule has 1 aliphatic heterocycles. The van der Waals surface area contributed by atoms with Crippen molar-refractivity contribution in [1.82, 2.24) is 0 Å². The van der Waals surface area contributed by atoms with Crippen molar-refractivity contribution in [2.24, 2.45) is 0 Å². The molecule has 1 rings (SSSR count). The van der Waals surface area contributed by atoms with Gasteiger partial charge in [-0.05, 0) is 12.8 Å². The highest BCUT2D eigenvalue weighted by Gasteiger charge is 2.22. The maximum atomic E-state index is 5.58. The van der Waals surface area contributed by atoms with Crippen molar-refractivity contribution in [3.05, 3.63) is 12.7 Å². The molecule has 2 unspecified atom stereocenters. The monoisotopic (exact) mass is 198 g/mol. The first-order chi connectivity index (χ1) is 6.86. The second kappa shape index (κ2) is 7.02. The van der Waals surface area contributed by atoms with Crippen molar-refractivity contribution in [3.8, 4) is 0 Å². The summed E-state index contributed by atoms with van der Waals surface area (Å²) in [5.74, 6) is 0. The fraction of sp³-hybridized carbons (Fsp3) is 0.833. The Kier molecular flexibility index (Phi) is 5.88. The van der Waals surface area contributed by atoms with Crippen LogP contribution in [0, 0.1) is 0 Å². The Morgan fingerprint density at radius 3 is 2.71 bits per heavy atom. The fourth-order valence-electron chi connectivity index (χ4n) is 1.67. The molecule has 0 spiro atoms. The largest absolute Gasteiger partial charge is 0.350 e. The summed E-state index contributed by atoms with van der Waals surface area (Å²) in [5.41, 5.74) is 0. The zero-order valence-electron chi connectivity index (χ0n) is 9.21. The maximum Gasteiger partial charge on any atom is 0.158 e. The van der Waals surface area contributed by atoms with E-state index >= 15 is 0 Å². The minimum absolute atomic E-state index is 0.0274. The van der Waals surface area contributed by atoms with Gasteiger partial charge < -0.3 is 9.47 Å². The molecule has 0 aromatic rings. The normalized spacial score (nSPS) is 26.6. The molecule has 0 bridgehead atoms. The lowest BCUT2D eigenvalue weighted by Crippen LogP contribution is -2.09. The van der Waals surface area contributed by atoms with E-state index < -0.39 is 0 Å². The summed E-state index contributed by atoms with van der Waals surface area (Å²) in [6.07, 6.45) is 9.51. The molecular formula is C12H22O2. The smallest absolute Gasteiger partial charge is 0.158 e. The lowest BCUT2D eigenvalue weighted by atomic mass is 10.1. The summed E-state index contributed by atoms with van der Waals surface area (Å²) < 4.78 is 11.0. The van der Waals surface area contributed by atoms with Crippen LogP contribution in [0.3, 0.4) is 0 Å². The molecule has 0 aromatic carbocycles. The second-order valence-corrected chi connectivity index (χ2v) is 3.88. The van der Waals surface area contributed by atoms with Gasteiger partial charge in [0, 0.05) is 0 Å². The van der Waals surface area contributed by atoms with Gasteiger partial charge in [-0.3, -0.25) is 0 Å². The van der Waals surface area contributed by atoms with Crippen LogP contribution >= 0.6 is 0 Å². The van der Waals surface area contributed by atoms with Crippen LogP contribution in [0.2, 0.25) is 0 Å². The predicted molar refractivity (Wildman–Crippen MR) is 58.2 cm³/mol. The van der Waals surface area contributed by atoms with Crippen LogP contribution in [0.25, 0.3) is 0 Å². The zero-order chi connectivity index (χ0) is 10.2. The Balaban J connectivity index is 1.95. The second-order valence-electron chi connectivity index (χ2n) is 3.88. The molecule has 0 saturated carbocycles. The van der Waals surface area contributed by atoms with Crippen molar-refractivity contribution in [2.45, 2.75) is 57.8 Å². The number of hydrogen-bond acceptors (Lipinski definition) is 2. The maximum absolute atomic E-state index is 5.58. The van der Waals surface area contributed by atoms with E-state index in [1.54, 1.807) is 0 Å². The predicted octanol–water partition coefficient (Wildman–Crippen LogP) is 3.27. The highest BCUT2D eigenvalue weighted by atomic mass is 16.7. The van der Waals surface area contributed by atoms with Gasteiger partial charge in [-0.25, -0.2) is 0 Å². The molecule has 0 aliphatic carbocycles. The molecule has 0 aromatic heterocycles. The molecule has 14 heavy (non-hydrogen) atoms. The first kappa shape index (κ1) is 11.7. The third-order valence-electron chi connectivity index (χ3n) is 2.58. The van der Waals surface area contributed by atoms with Gasteiger partial charge in [0.2, 0.25) is 0 Å². The molecule has 2 heteroatoms. The number of unbranched alkanes of at least 4 members (excludes halogenated alkanes) is 4. The summed E-state index contributed by atoms with van der Waals surface area (Å²) in [4.78, 5) is 0. The van der Waals surface area contributed by atoms with Crippen LogP contribution in [0.1, 0.15) is 45.4 Å². The molecule has 2 atom stereocenters. The first-order valence-electron chi connectivity index (χ1n) is 5.76. The van der Waals surface area contributed by atoms with Gasteiger partial charge in [0.25, 0.3) is 0 Å². The van der Waals surface area contributed by atoms with Gasteiger partial charge in [0.1, 0.15) is 6.10 Å². The summed E-state index contributed by atoms with van der Waals surface area (Å²) in [6, 6.07) is 0. The van der Waals surface area contributed by atoms with Crippen molar-refractivity contribution < 1.29 is 9.47 Å². The Hall–Kier alpha value is -0.340. The fourth-order valence-corrected chi connectivity index (χ4v) is 1.67. The minimum Gasteiger partial charge on any atom is -0.350 e. The molecule has 1 saturated heterocycles. The van der Waals surface area contributed by atoms with Gasteiger partial charge in [-0.1, -0.05) is 38.7 Å². The van der Waals surface area contributed by atoms with Crippen LogP contribution in [-0.4, -0.2) is 19.0 Å². The molecule has 0 N–H and O–H groups in total. The molecule has 1 aliphatic rings. The van der Waals surface area contributed by atoms with Crippen LogP contribution in [0.5, 0.6) is 0 Å². The van der Waals surface area contributed by atoms with Crippen LogP contribution in [-0.2, 0) is 9.47 Å². The van der Waals surface area contributed by atoms with Gasteiger partial charge in [-0.2, -0.15) is 0 Å². The lowest BCUT2D eigenvalue weighted by Gasteiger charge is -2.08. The SMILES string of the molecule is C=CC1COC(CCCCCCC)O1. The molecule has 0 radical (unpaired) electrons. The number of rotatable bonds is 7. The van der Waals surface area contributed by atoms with Gasteiger partial charge in [0.05, 0.1) is 6.61 Å². The molecule has 0 amide bonds. The third kappa shape index (κ3) is 4.25. The summed E-state index contributed by atoms with van der Waals surface area (Å²) in [7, 11) is 0. The lowest BCUT2D eigenvalue weighted by molar-refractivity contribution is -0.0567. The van der Waals surface area contributed by atoms with Crippen LogP contribution in [0.15, 0.2) is 12.7 Å². The average Bonchev–Trinajstić information content (AvgIpc) is 2.65. The van der Waals surface area contributed by atoms with Crippen molar-refractivity contribution in [2.75, 3.05) is 6.61 Å². The summed E-state index contributed by atoms with van der Waals surface area (Å²) >= 11 is 0. The topological polar surface area (TPSA) is 18.5 Å². The Morgan fingerprint density at radius 2 is 2.07 bits per heavy atom. The number of ether oxygens (including phenoxy) is 2. The van der Waals surface area contributed by atoms with Gasteiger partial charge >= 0.3 is 0 Å². The van der Waals surface area contributed by atoms with Gasteiger partial charge in [0.15, 0.2) is 6.29 Å². The minimum atomic E-state index is 0.0274. The summed E-state index contributed by atoms with van der Waals surface area (Å²) in [5, 5.41) is 0. The van der Waals surface area contributed by atoms with E-state index in [9.17, 15) is 0 Å². The molecule has 82 valence electrons. The van der Waals surface area contributed by atoms with E-state index in [1.807, 2.05) is 6.08 Å².